The highest BCUT2D eigenvalue weighted by molar-refractivity contribution is 7.11. The van der Waals surface area contributed by atoms with E-state index in [4.69, 9.17) is 0 Å². The summed E-state index contributed by atoms with van der Waals surface area (Å²) in [6, 6.07) is 3.20. The Kier molecular flexibility index (Phi) is 3.91. The van der Waals surface area contributed by atoms with Gasteiger partial charge < -0.3 is 10.2 Å². The van der Waals surface area contributed by atoms with Gasteiger partial charge in [-0.1, -0.05) is 20.8 Å². The summed E-state index contributed by atoms with van der Waals surface area (Å²) in [4.78, 5) is 28.8. The van der Waals surface area contributed by atoms with Crippen LogP contribution in [0.1, 0.15) is 37.4 Å². The number of thiophene rings is 1. The Labute approximate surface area is 124 Å². The molecule has 2 atom stereocenters. The summed E-state index contributed by atoms with van der Waals surface area (Å²) in [6.07, 6.45) is 0. The lowest BCUT2D eigenvalue weighted by Gasteiger charge is -2.42. The van der Waals surface area contributed by atoms with Crippen molar-refractivity contribution in [1.29, 1.82) is 0 Å². The van der Waals surface area contributed by atoms with Gasteiger partial charge in [0.2, 0.25) is 11.8 Å². The van der Waals surface area contributed by atoms with Crippen LogP contribution in [-0.2, 0) is 16.1 Å². The molecule has 0 aliphatic carbocycles. The lowest BCUT2D eigenvalue weighted by molar-refractivity contribution is -0.152. The average Bonchev–Trinajstić information content (AvgIpc) is 2.73. The van der Waals surface area contributed by atoms with Gasteiger partial charge in [0.1, 0.15) is 12.1 Å². The van der Waals surface area contributed by atoms with Crippen LogP contribution >= 0.6 is 11.3 Å². The van der Waals surface area contributed by atoms with Crippen molar-refractivity contribution in [2.45, 2.75) is 53.2 Å². The molecule has 2 amide bonds. The quantitative estimate of drug-likeness (QED) is 0.910. The molecule has 0 radical (unpaired) electrons. The van der Waals surface area contributed by atoms with Gasteiger partial charge in [0.15, 0.2) is 0 Å². The van der Waals surface area contributed by atoms with Crippen LogP contribution in [0.25, 0.3) is 0 Å². The Morgan fingerprint density at radius 1 is 1.30 bits per heavy atom. The SMILES string of the molecule is Cc1ccc(CN2C(=O)C(C(C)(C)C)NC(=O)C2C)s1. The number of hydrogen-bond acceptors (Lipinski definition) is 3. The van der Waals surface area contributed by atoms with Gasteiger partial charge in [-0.25, -0.2) is 0 Å². The van der Waals surface area contributed by atoms with Crippen molar-refractivity contribution in [1.82, 2.24) is 10.2 Å². The molecular weight excluding hydrogens is 272 g/mol. The predicted octanol–water partition coefficient (Wildman–Crippen LogP) is 2.32. The Hall–Kier alpha value is -1.36. The predicted molar refractivity (Wildman–Crippen MR) is 80.5 cm³/mol. The molecule has 2 heterocycles. The Balaban J connectivity index is 2.24. The number of nitrogens with zero attached hydrogens (tertiary/aromatic N) is 1. The van der Waals surface area contributed by atoms with Crippen LogP contribution in [0.15, 0.2) is 12.1 Å². The summed E-state index contributed by atoms with van der Waals surface area (Å²) in [6.45, 7) is 10.3. The molecule has 0 saturated carbocycles. The number of nitrogens with one attached hydrogen (secondary N) is 1. The minimum absolute atomic E-state index is 0.00986. The molecule has 20 heavy (non-hydrogen) atoms. The van der Waals surface area contributed by atoms with E-state index in [0.29, 0.717) is 6.54 Å². The number of hydrogen-bond donors (Lipinski definition) is 1. The van der Waals surface area contributed by atoms with Crippen LogP contribution in [0.2, 0.25) is 0 Å². The van der Waals surface area contributed by atoms with Crippen molar-refractivity contribution >= 4 is 23.2 Å². The van der Waals surface area contributed by atoms with Gasteiger partial charge in [0.05, 0.1) is 6.54 Å². The van der Waals surface area contributed by atoms with E-state index >= 15 is 0 Å². The topological polar surface area (TPSA) is 49.4 Å². The van der Waals surface area contributed by atoms with Crippen LogP contribution in [0.3, 0.4) is 0 Å². The maximum absolute atomic E-state index is 12.7. The van der Waals surface area contributed by atoms with Gasteiger partial charge in [-0.3, -0.25) is 9.59 Å². The second-order valence-electron chi connectivity index (χ2n) is 6.46. The standard InChI is InChI=1S/C15H22N2O2S/c1-9-6-7-11(20-9)8-17-10(2)13(18)16-12(14(17)19)15(3,4)5/h6-7,10,12H,8H2,1-5H3,(H,16,18). The van der Waals surface area contributed by atoms with Gasteiger partial charge in [0, 0.05) is 9.75 Å². The first-order valence-electron chi connectivity index (χ1n) is 6.86. The second-order valence-corrected chi connectivity index (χ2v) is 7.83. The molecule has 5 heteroatoms. The van der Waals surface area contributed by atoms with Crippen LogP contribution in [0, 0.1) is 12.3 Å². The molecule has 1 aromatic rings. The van der Waals surface area contributed by atoms with Gasteiger partial charge in [-0.2, -0.15) is 0 Å². The Bertz CT molecular complexity index is 530. The molecule has 1 aliphatic heterocycles. The van der Waals surface area contributed by atoms with Crippen LogP contribution in [0.4, 0.5) is 0 Å². The van der Waals surface area contributed by atoms with Gasteiger partial charge in [0.25, 0.3) is 0 Å². The first-order chi connectivity index (χ1) is 9.20. The number of carbonyl (C=O) groups excluding carboxylic acids is 2. The maximum atomic E-state index is 12.7. The van der Waals surface area contributed by atoms with Crippen molar-refractivity contribution in [3.63, 3.8) is 0 Å². The molecule has 1 N–H and O–H groups in total. The van der Waals surface area contributed by atoms with Crippen LogP contribution in [0.5, 0.6) is 0 Å². The van der Waals surface area contributed by atoms with Crippen molar-refractivity contribution in [2.24, 2.45) is 5.41 Å². The first kappa shape index (κ1) is 15.0. The highest BCUT2D eigenvalue weighted by Gasteiger charge is 2.43. The zero-order chi connectivity index (χ0) is 15.1. The van der Waals surface area contributed by atoms with E-state index in [1.165, 1.54) is 4.88 Å². The summed E-state index contributed by atoms with van der Waals surface area (Å²) in [7, 11) is 0. The van der Waals surface area contributed by atoms with E-state index in [1.807, 2.05) is 39.8 Å². The maximum Gasteiger partial charge on any atom is 0.246 e. The normalized spacial score (nSPS) is 23.9. The average molecular weight is 294 g/mol. The van der Waals surface area contributed by atoms with Gasteiger partial charge >= 0.3 is 0 Å². The minimum atomic E-state index is -0.452. The summed E-state index contributed by atoms with van der Waals surface area (Å²) in [5.74, 6) is -0.0616. The van der Waals surface area contributed by atoms with Crippen molar-refractivity contribution in [3.05, 3.63) is 21.9 Å². The minimum Gasteiger partial charge on any atom is -0.342 e. The summed E-state index contributed by atoms with van der Waals surface area (Å²) in [5.41, 5.74) is -0.281. The largest absolute Gasteiger partial charge is 0.342 e. The zero-order valence-corrected chi connectivity index (χ0v) is 13.5. The Morgan fingerprint density at radius 3 is 2.45 bits per heavy atom. The third-order valence-corrected chi connectivity index (χ3v) is 4.64. The summed E-state index contributed by atoms with van der Waals surface area (Å²) < 4.78 is 0. The van der Waals surface area contributed by atoms with E-state index in [2.05, 4.69) is 5.32 Å². The molecule has 0 bridgehead atoms. The van der Waals surface area contributed by atoms with Crippen molar-refractivity contribution < 1.29 is 9.59 Å². The first-order valence-corrected chi connectivity index (χ1v) is 7.68. The Morgan fingerprint density at radius 2 is 1.95 bits per heavy atom. The van der Waals surface area contributed by atoms with Crippen molar-refractivity contribution in [2.75, 3.05) is 0 Å². The van der Waals surface area contributed by atoms with E-state index in [-0.39, 0.29) is 17.2 Å². The molecule has 1 fully saturated rings. The molecule has 4 nitrogen and oxygen atoms in total. The third kappa shape index (κ3) is 2.87. The number of rotatable bonds is 2. The third-order valence-electron chi connectivity index (χ3n) is 3.65. The van der Waals surface area contributed by atoms with E-state index in [9.17, 15) is 9.59 Å². The van der Waals surface area contributed by atoms with Gasteiger partial charge in [-0.15, -0.1) is 11.3 Å². The molecule has 1 aromatic heterocycles. The van der Waals surface area contributed by atoms with E-state index < -0.39 is 12.1 Å². The smallest absolute Gasteiger partial charge is 0.246 e. The lowest BCUT2D eigenvalue weighted by atomic mass is 9.84. The summed E-state index contributed by atoms with van der Waals surface area (Å²) >= 11 is 1.67. The molecule has 1 saturated heterocycles. The highest BCUT2D eigenvalue weighted by atomic mass is 32.1. The fourth-order valence-corrected chi connectivity index (χ4v) is 3.25. The zero-order valence-electron chi connectivity index (χ0n) is 12.7. The van der Waals surface area contributed by atoms with Crippen LogP contribution < -0.4 is 5.32 Å². The van der Waals surface area contributed by atoms with E-state index in [0.717, 1.165) is 4.88 Å². The number of amides is 2. The monoisotopic (exact) mass is 294 g/mol. The fraction of sp³-hybridized carbons (Fsp3) is 0.600. The molecule has 2 unspecified atom stereocenters. The molecular formula is C15H22N2O2S. The second kappa shape index (κ2) is 5.20. The summed E-state index contributed by atoms with van der Waals surface area (Å²) in [5, 5.41) is 2.85. The molecule has 0 spiro atoms. The molecule has 110 valence electrons. The molecule has 2 rings (SSSR count). The number of aryl methyl sites for hydroxylation is 1. The fourth-order valence-electron chi connectivity index (χ4n) is 2.36. The molecule has 0 aromatic carbocycles. The van der Waals surface area contributed by atoms with E-state index in [1.54, 1.807) is 23.2 Å². The highest BCUT2D eigenvalue weighted by Crippen LogP contribution is 2.27. The lowest BCUT2D eigenvalue weighted by Crippen LogP contribution is -2.65. The van der Waals surface area contributed by atoms with Crippen molar-refractivity contribution in [3.8, 4) is 0 Å². The molecule has 1 aliphatic rings. The van der Waals surface area contributed by atoms with Gasteiger partial charge in [-0.05, 0) is 31.4 Å². The number of carbonyl (C=O) groups is 2. The number of piperazine rings is 1. The van der Waals surface area contributed by atoms with Crippen LogP contribution in [-0.4, -0.2) is 28.8 Å².